The van der Waals surface area contributed by atoms with Crippen molar-refractivity contribution in [3.63, 3.8) is 0 Å². The first-order valence-electron chi connectivity index (χ1n) is 6.42. The smallest absolute Gasteiger partial charge is 0.215 e. The number of benzene rings is 1. The summed E-state index contributed by atoms with van der Waals surface area (Å²) in [6.45, 7) is 0.600. The lowest BCUT2D eigenvalue weighted by molar-refractivity contribution is 0.602. The van der Waals surface area contributed by atoms with Crippen LogP contribution in [-0.2, 0) is 6.54 Å². The molecule has 0 amide bonds. The van der Waals surface area contributed by atoms with Crippen molar-refractivity contribution in [2.75, 3.05) is 0 Å². The van der Waals surface area contributed by atoms with Gasteiger partial charge in [-0.15, -0.1) is 19.9 Å². The first kappa shape index (κ1) is 12.8. The lowest BCUT2D eigenvalue weighted by Gasteiger charge is -2.03. The van der Waals surface area contributed by atoms with E-state index in [9.17, 15) is 0 Å². The van der Waals surface area contributed by atoms with Crippen LogP contribution in [0.1, 0.15) is 5.56 Å². The second kappa shape index (κ2) is 5.48. The molecule has 0 aliphatic carbocycles. The van der Waals surface area contributed by atoms with Gasteiger partial charge in [0.1, 0.15) is 5.03 Å². The Bertz CT molecular complexity index is 901. The second-order valence-corrected chi connectivity index (χ2v) is 5.39. The fourth-order valence-electron chi connectivity index (χ4n) is 1.91. The maximum Gasteiger partial charge on any atom is 0.215 e. The molecule has 0 saturated heterocycles. The standard InChI is InChI=1S/C12H9N9S/c1-2-4-9(5-3-1)8-20-12(14-17-18-20)22-11-7-6-10-13-16-19-21(10)15-11/h1-7H,8H2. The highest BCUT2D eigenvalue weighted by Gasteiger charge is 2.11. The average molecular weight is 311 g/mol. The Morgan fingerprint density at radius 2 is 1.77 bits per heavy atom. The van der Waals surface area contributed by atoms with Crippen LogP contribution in [0.15, 0.2) is 52.6 Å². The van der Waals surface area contributed by atoms with E-state index in [4.69, 9.17) is 0 Å². The molecule has 4 rings (SSSR count). The van der Waals surface area contributed by atoms with Gasteiger partial charge in [-0.25, -0.2) is 4.68 Å². The molecule has 4 aromatic rings. The van der Waals surface area contributed by atoms with Gasteiger partial charge in [-0.05, 0) is 50.3 Å². The molecule has 0 bridgehead atoms. The van der Waals surface area contributed by atoms with E-state index in [2.05, 4.69) is 36.1 Å². The summed E-state index contributed by atoms with van der Waals surface area (Å²) in [4.78, 5) is 0. The molecular formula is C12H9N9S. The Hall–Kier alpha value is -2.88. The summed E-state index contributed by atoms with van der Waals surface area (Å²) in [6, 6.07) is 13.6. The quantitative estimate of drug-likeness (QED) is 0.543. The van der Waals surface area contributed by atoms with Crippen LogP contribution in [0.25, 0.3) is 5.65 Å². The third-order valence-corrected chi connectivity index (χ3v) is 3.82. The van der Waals surface area contributed by atoms with Gasteiger partial charge in [0.2, 0.25) is 5.16 Å². The molecule has 9 nitrogen and oxygen atoms in total. The fraction of sp³-hybridized carbons (Fsp3) is 0.0833. The van der Waals surface area contributed by atoms with Crippen molar-refractivity contribution in [2.24, 2.45) is 0 Å². The molecule has 0 aliphatic heterocycles. The molecule has 1 aromatic carbocycles. The second-order valence-electron chi connectivity index (χ2n) is 4.40. The van der Waals surface area contributed by atoms with Crippen LogP contribution in [0, 0.1) is 0 Å². The zero-order valence-electron chi connectivity index (χ0n) is 11.2. The molecule has 0 fully saturated rings. The van der Waals surface area contributed by atoms with Gasteiger partial charge in [-0.2, -0.15) is 0 Å². The van der Waals surface area contributed by atoms with Gasteiger partial charge >= 0.3 is 0 Å². The van der Waals surface area contributed by atoms with Crippen molar-refractivity contribution in [3.8, 4) is 0 Å². The van der Waals surface area contributed by atoms with Crippen LogP contribution < -0.4 is 0 Å². The topological polar surface area (TPSA) is 99.6 Å². The number of nitrogens with zero attached hydrogens (tertiary/aromatic N) is 9. The SMILES string of the molecule is c1ccc(Cn2nnnc2Sc2ccc3nnnn3n2)cc1. The van der Waals surface area contributed by atoms with E-state index in [0.29, 0.717) is 22.4 Å². The summed E-state index contributed by atoms with van der Waals surface area (Å²) in [7, 11) is 0. The minimum Gasteiger partial charge on any atom is -0.216 e. The predicted molar refractivity (Wildman–Crippen MR) is 76.1 cm³/mol. The predicted octanol–water partition coefficient (Wildman–Crippen LogP) is 0.705. The van der Waals surface area contributed by atoms with Crippen molar-refractivity contribution in [3.05, 3.63) is 48.0 Å². The van der Waals surface area contributed by atoms with Gasteiger partial charge in [0.05, 0.1) is 6.54 Å². The van der Waals surface area contributed by atoms with Gasteiger partial charge in [-0.3, -0.25) is 0 Å². The first-order valence-corrected chi connectivity index (χ1v) is 7.23. The van der Waals surface area contributed by atoms with Gasteiger partial charge in [0.25, 0.3) is 0 Å². The monoisotopic (exact) mass is 311 g/mol. The van der Waals surface area contributed by atoms with E-state index in [0.717, 1.165) is 5.56 Å². The van der Waals surface area contributed by atoms with Crippen LogP contribution in [-0.4, -0.2) is 45.5 Å². The first-order chi connectivity index (χ1) is 10.9. The number of aromatic nitrogens is 9. The van der Waals surface area contributed by atoms with Crippen LogP contribution in [0.2, 0.25) is 0 Å². The van der Waals surface area contributed by atoms with Crippen LogP contribution in [0.4, 0.5) is 0 Å². The molecule has 10 heteroatoms. The van der Waals surface area contributed by atoms with E-state index in [-0.39, 0.29) is 0 Å². The number of fused-ring (bicyclic) bond motifs is 1. The van der Waals surface area contributed by atoms with Gasteiger partial charge in [-0.1, -0.05) is 30.3 Å². The lowest BCUT2D eigenvalue weighted by Crippen LogP contribution is -2.04. The normalized spacial score (nSPS) is 11.1. The average Bonchev–Trinajstić information content (AvgIpc) is 3.18. The fourth-order valence-corrected chi connectivity index (χ4v) is 2.63. The van der Waals surface area contributed by atoms with Crippen molar-refractivity contribution in [1.29, 1.82) is 0 Å². The molecule has 0 unspecified atom stereocenters. The zero-order chi connectivity index (χ0) is 14.8. The van der Waals surface area contributed by atoms with E-state index >= 15 is 0 Å². The van der Waals surface area contributed by atoms with E-state index in [1.54, 1.807) is 10.7 Å². The van der Waals surface area contributed by atoms with Crippen LogP contribution >= 0.6 is 11.8 Å². The molecule has 0 N–H and O–H groups in total. The minimum absolute atomic E-state index is 0.591. The Balaban J connectivity index is 1.59. The molecule has 108 valence electrons. The highest BCUT2D eigenvalue weighted by Crippen LogP contribution is 2.23. The highest BCUT2D eigenvalue weighted by atomic mass is 32.2. The molecule has 0 atom stereocenters. The largest absolute Gasteiger partial charge is 0.216 e. The van der Waals surface area contributed by atoms with Crippen LogP contribution in [0.3, 0.4) is 0 Å². The summed E-state index contributed by atoms with van der Waals surface area (Å²) in [5.74, 6) is 0. The molecule has 22 heavy (non-hydrogen) atoms. The third kappa shape index (κ3) is 2.51. The van der Waals surface area contributed by atoms with Crippen molar-refractivity contribution in [2.45, 2.75) is 16.7 Å². The van der Waals surface area contributed by atoms with Gasteiger partial charge < -0.3 is 0 Å². The van der Waals surface area contributed by atoms with Gasteiger partial charge in [0, 0.05) is 0 Å². The molecule has 0 saturated carbocycles. The molecule has 0 spiro atoms. The summed E-state index contributed by atoms with van der Waals surface area (Å²) in [5, 5.41) is 28.6. The van der Waals surface area contributed by atoms with E-state index in [1.807, 2.05) is 36.4 Å². The van der Waals surface area contributed by atoms with Crippen molar-refractivity contribution in [1.82, 2.24) is 45.5 Å². The van der Waals surface area contributed by atoms with E-state index < -0.39 is 0 Å². The van der Waals surface area contributed by atoms with Gasteiger partial charge in [0.15, 0.2) is 5.65 Å². The molecular weight excluding hydrogens is 302 g/mol. The maximum atomic E-state index is 4.29. The number of hydrogen-bond donors (Lipinski definition) is 0. The van der Waals surface area contributed by atoms with Crippen molar-refractivity contribution >= 4 is 17.4 Å². The molecule has 0 radical (unpaired) electrons. The number of hydrogen-bond acceptors (Lipinski definition) is 8. The number of rotatable bonds is 4. The highest BCUT2D eigenvalue weighted by molar-refractivity contribution is 7.99. The minimum atomic E-state index is 0.591. The summed E-state index contributed by atoms with van der Waals surface area (Å²) < 4.78 is 3.10. The van der Waals surface area contributed by atoms with Crippen molar-refractivity contribution < 1.29 is 0 Å². The van der Waals surface area contributed by atoms with E-state index in [1.165, 1.54) is 16.4 Å². The Morgan fingerprint density at radius 3 is 2.68 bits per heavy atom. The molecule has 3 heterocycles. The summed E-state index contributed by atoms with van der Waals surface area (Å²) >= 11 is 1.36. The lowest BCUT2D eigenvalue weighted by atomic mass is 10.2. The Morgan fingerprint density at radius 1 is 0.909 bits per heavy atom. The summed E-state index contributed by atoms with van der Waals surface area (Å²) in [5.41, 5.74) is 1.72. The number of tetrazole rings is 2. The van der Waals surface area contributed by atoms with Crippen LogP contribution in [0.5, 0.6) is 0 Å². The Labute approximate surface area is 128 Å². The third-order valence-electron chi connectivity index (χ3n) is 2.92. The maximum absolute atomic E-state index is 4.29. The molecule has 3 aromatic heterocycles. The summed E-state index contributed by atoms with van der Waals surface area (Å²) in [6.07, 6.45) is 0. The zero-order valence-corrected chi connectivity index (χ0v) is 12.0. The molecule has 0 aliphatic rings. The Kier molecular flexibility index (Phi) is 3.20.